The number of allylic oxidation sites excluding steroid dienone is 11. The first kappa shape index (κ1) is 17.0. The largest absolute Gasteiger partial charge is 0.344 e. The normalized spacial score (nSPS) is 16.9. The predicted octanol–water partition coefficient (Wildman–Crippen LogP) is 5.49. The SMILES string of the molecule is C=CC1=CC=C=CC1=C1C=CC(=[O+]C/C(=C/C)CCCC)C=C1. The van der Waals surface area contributed by atoms with Crippen LogP contribution in [-0.4, -0.2) is 12.4 Å². The van der Waals surface area contributed by atoms with Crippen molar-refractivity contribution in [2.45, 2.75) is 33.1 Å². The van der Waals surface area contributed by atoms with Gasteiger partial charge in [-0.15, -0.1) is 5.73 Å². The molecule has 23 heavy (non-hydrogen) atoms. The maximum atomic E-state index is 5.91. The second-order valence-electron chi connectivity index (χ2n) is 5.58. The molecule has 118 valence electrons. The number of rotatable bonds is 6. The summed E-state index contributed by atoms with van der Waals surface area (Å²) in [7, 11) is 0. The molecule has 2 aliphatic rings. The van der Waals surface area contributed by atoms with Crippen LogP contribution < -0.4 is 0 Å². The molecule has 0 amide bonds. The molecular formula is C22H25O+. The topological polar surface area (TPSA) is 11.3 Å². The summed E-state index contributed by atoms with van der Waals surface area (Å²) >= 11 is 0. The lowest BCUT2D eigenvalue weighted by Crippen LogP contribution is -2.03. The molecule has 0 saturated carbocycles. The number of ketones is 1. The maximum absolute atomic E-state index is 5.91. The van der Waals surface area contributed by atoms with Gasteiger partial charge in [-0.05, 0) is 66.9 Å². The van der Waals surface area contributed by atoms with Crippen molar-refractivity contribution in [2.75, 3.05) is 6.61 Å². The minimum absolute atomic E-state index is 0.673. The number of hydrogen-bond donors (Lipinski definition) is 0. The van der Waals surface area contributed by atoms with E-state index in [0.29, 0.717) is 6.61 Å². The summed E-state index contributed by atoms with van der Waals surface area (Å²) < 4.78 is 5.91. The fraction of sp³-hybridized carbons (Fsp3) is 0.273. The molecule has 0 saturated heterocycles. The zero-order valence-corrected chi connectivity index (χ0v) is 14.1. The van der Waals surface area contributed by atoms with E-state index in [1.807, 2.05) is 36.5 Å². The van der Waals surface area contributed by atoms with Crippen LogP contribution in [0.4, 0.5) is 0 Å². The van der Waals surface area contributed by atoms with E-state index in [4.69, 9.17) is 4.42 Å². The number of carbonyl (C=O) groups excluding carboxylic acids is 1. The van der Waals surface area contributed by atoms with E-state index in [1.54, 1.807) is 0 Å². The van der Waals surface area contributed by atoms with Gasteiger partial charge >= 0.3 is 5.78 Å². The fourth-order valence-electron chi connectivity index (χ4n) is 2.48. The van der Waals surface area contributed by atoms with Gasteiger partial charge in [0.1, 0.15) is 0 Å². The third kappa shape index (κ3) is 4.81. The summed E-state index contributed by atoms with van der Waals surface area (Å²) in [6.45, 7) is 8.84. The van der Waals surface area contributed by atoms with Crippen LogP contribution in [0.15, 0.2) is 89.3 Å². The van der Waals surface area contributed by atoms with Gasteiger partial charge in [0.2, 0.25) is 0 Å². The van der Waals surface area contributed by atoms with E-state index in [9.17, 15) is 0 Å². The standard InChI is InChI=1S/C22H25O/c1-4-7-10-18(5-2)17-23-21-15-13-20(14-16-21)22-12-9-8-11-19(22)6-3/h5-6,8,11-16H,3-4,7,10,17H2,1-2H3/q+1/b18-5+. The van der Waals surface area contributed by atoms with Gasteiger partial charge in [0.15, 0.2) is 0 Å². The molecule has 0 aromatic rings. The van der Waals surface area contributed by atoms with Crippen molar-refractivity contribution in [1.82, 2.24) is 0 Å². The van der Waals surface area contributed by atoms with Gasteiger partial charge in [-0.1, -0.05) is 32.1 Å². The third-order valence-corrected chi connectivity index (χ3v) is 3.97. The summed E-state index contributed by atoms with van der Waals surface area (Å²) in [6.07, 6.45) is 21.8. The van der Waals surface area contributed by atoms with E-state index < -0.39 is 0 Å². The van der Waals surface area contributed by atoms with Crippen LogP contribution in [0.25, 0.3) is 0 Å². The lowest BCUT2D eigenvalue weighted by atomic mass is 9.94. The Hall–Kier alpha value is -2.37. The van der Waals surface area contributed by atoms with Gasteiger partial charge in [0.05, 0.1) is 0 Å². The number of hydrogen-bond acceptors (Lipinski definition) is 0. The molecule has 2 aliphatic carbocycles. The van der Waals surface area contributed by atoms with Crippen LogP contribution >= 0.6 is 0 Å². The van der Waals surface area contributed by atoms with Crippen molar-refractivity contribution in [2.24, 2.45) is 0 Å². The Labute approximate surface area is 139 Å². The molecule has 0 aromatic carbocycles. The summed E-state index contributed by atoms with van der Waals surface area (Å²) in [4.78, 5) is 0. The van der Waals surface area contributed by atoms with Crippen molar-refractivity contribution in [3.8, 4) is 0 Å². The highest BCUT2D eigenvalue weighted by Gasteiger charge is 2.12. The average molecular weight is 305 g/mol. The molecule has 0 spiro atoms. The highest BCUT2D eigenvalue weighted by Crippen LogP contribution is 2.23. The van der Waals surface area contributed by atoms with Crippen molar-refractivity contribution < 1.29 is 4.42 Å². The molecule has 0 radical (unpaired) electrons. The van der Waals surface area contributed by atoms with Crippen LogP contribution in [0.5, 0.6) is 0 Å². The monoisotopic (exact) mass is 305 g/mol. The Morgan fingerprint density at radius 2 is 2.04 bits per heavy atom. The lowest BCUT2D eigenvalue weighted by Gasteiger charge is -2.09. The Kier molecular flexibility index (Phi) is 6.59. The van der Waals surface area contributed by atoms with Crippen molar-refractivity contribution in [1.29, 1.82) is 0 Å². The molecule has 0 aromatic heterocycles. The summed E-state index contributed by atoms with van der Waals surface area (Å²) in [5.41, 5.74) is 7.91. The second-order valence-corrected chi connectivity index (χ2v) is 5.58. The van der Waals surface area contributed by atoms with Crippen LogP contribution in [0, 0.1) is 0 Å². The van der Waals surface area contributed by atoms with Gasteiger partial charge in [-0.2, -0.15) is 0 Å². The number of unbranched alkanes of at least 4 members (excludes halogenated alkanes) is 1. The van der Waals surface area contributed by atoms with Gasteiger partial charge in [-0.25, -0.2) is 0 Å². The van der Waals surface area contributed by atoms with Gasteiger partial charge < -0.3 is 0 Å². The fourth-order valence-corrected chi connectivity index (χ4v) is 2.48. The zero-order valence-electron chi connectivity index (χ0n) is 14.1. The maximum Gasteiger partial charge on any atom is 0.344 e. The van der Waals surface area contributed by atoms with Crippen LogP contribution in [0.3, 0.4) is 0 Å². The molecular weight excluding hydrogens is 280 g/mol. The Balaban J connectivity index is 2.08. The van der Waals surface area contributed by atoms with Crippen LogP contribution in [-0.2, 0) is 4.42 Å². The molecule has 1 heteroatoms. The first-order valence-electron chi connectivity index (χ1n) is 8.28. The Morgan fingerprint density at radius 1 is 1.26 bits per heavy atom. The van der Waals surface area contributed by atoms with Gasteiger partial charge in [0.25, 0.3) is 6.61 Å². The predicted molar refractivity (Wildman–Crippen MR) is 99.4 cm³/mol. The van der Waals surface area contributed by atoms with Gasteiger partial charge in [0, 0.05) is 17.7 Å². The molecule has 1 nitrogen and oxygen atoms in total. The molecule has 0 atom stereocenters. The van der Waals surface area contributed by atoms with Crippen molar-refractivity contribution >= 4 is 5.78 Å². The second kappa shape index (κ2) is 8.92. The highest BCUT2D eigenvalue weighted by molar-refractivity contribution is 6.02. The molecule has 0 unspecified atom stereocenters. The lowest BCUT2D eigenvalue weighted by molar-refractivity contribution is -0.445. The third-order valence-electron chi connectivity index (χ3n) is 3.97. The average Bonchev–Trinajstić information content (AvgIpc) is 2.62. The molecule has 0 fully saturated rings. The smallest absolute Gasteiger partial charge is 0.250 e. The quantitative estimate of drug-likeness (QED) is 0.349. The highest BCUT2D eigenvalue weighted by atomic mass is 16.4. The van der Waals surface area contributed by atoms with E-state index in [1.165, 1.54) is 18.4 Å². The molecule has 0 heterocycles. The van der Waals surface area contributed by atoms with E-state index in [2.05, 4.69) is 44.4 Å². The van der Waals surface area contributed by atoms with Gasteiger partial charge in [-0.3, -0.25) is 4.42 Å². The van der Waals surface area contributed by atoms with Crippen molar-refractivity contribution in [3.05, 3.63) is 89.3 Å². The molecule has 0 bridgehead atoms. The molecule has 2 rings (SSSR count). The van der Waals surface area contributed by atoms with E-state index in [0.717, 1.165) is 28.9 Å². The summed E-state index contributed by atoms with van der Waals surface area (Å²) in [5.74, 6) is 0.907. The first-order chi connectivity index (χ1) is 11.3. The first-order valence-corrected chi connectivity index (χ1v) is 8.28. The summed E-state index contributed by atoms with van der Waals surface area (Å²) in [6, 6.07) is 0. The van der Waals surface area contributed by atoms with E-state index >= 15 is 0 Å². The summed E-state index contributed by atoms with van der Waals surface area (Å²) in [5, 5.41) is 0. The molecule has 0 N–H and O–H groups in total. The minimum Gasteiger partial charge on any atom is -0.250 e. The Bertz CT molecular complexity index is 678. The zero-order chi connectivity index (χ0) is 16.5. The van der Waals surface area contributed by atoms with Crippen LogP contribution in [0.2, 0.25) is 0 Å². The van der Waals surface area contributed by atoms with Crippen molar-refractivity contribution in [3.63, 3.8) is 0 Å². The van der Waals surface area contributed by atoms with Crippen LogP contribution in [0.1, 0.15) is 33.1 Å². The minimum atomic E-state index is 0.673. The molecule has 0 aliphatic heterocycles. The van der Waals surface area contributed by atoms with E-state index in [-0.39, 0.29) is 0 Å². The Morgan fingerprint density at radius 3 is 2.70 bits per heavy atom.